The van der Waals surface area contributed by atoms with Gasteiger partial charge in [-0.25, -0.2) is 4.98 Å². The van der Waals surface area contributed by atoms with E-state index in [4.69, 9.17) is 4.74 Å². The average Bonchev–Trinajstić information content (AvgIpc) is 3.33. The maximum Gasteiger partial charge on any atom is 0.258 e. The fourth-order valence-corrected chi connectivity index (χ4v) is 4.87. The van der Waals surface area contributed by atoms with E-state index in [1.54, 1.807) is 28.2 Å². The first-order chi connectivity index (χ1) is 15.6. The Morgan fingerprint density at radius 2 is 1.97 bits per heavy atom. The quantitative estimate of drug-likeness (QED) is 0.577. The van der Waals surface area contributed by atoms with Crippen molar-refractivity contribution in [3.8, 4) is 5.75 Å². The third-order valence-electron chi connectivity index (χ3n) is 6.23. The largest absolute Gasteiger partial charge is 0.486 e. The van der Waals surface area contributed by atoms with Crippen LogP contribution < -0.4 is 10.3 Å². The highest BCUT2D eigenvalue weighted by Crippen LogP contribution is 2.27. The number of allylic oxidation sites excluding steroid dienone is 1. The zero-order valence-corrected chi connectivity index (χ0v) is 19.2. The van der Waals surface area contributed by atoms with Crippen LogP contribution in [0.3, 0.4) is 0 Å². The van der Waals surface area contributed by atoms with Gasteiger partial charge in [-0.3, -0.25) is 14.3 Å². The Labute approximate surface area is 192 Å². The Kier molecular flexibility index (Phi) is 6.21. The van der Waals surface area contributed by atoms with Gasteiger partial charge in [0.15, 0.2) is 0 Å². The number of benzene rings is 1. The van der Waals surface area contributed by atoms with E-state index in [1.165, 1.54) is 16.7 Å². The molecule has 1 saturated heterocycles. The third kappa shape index (κ3) is 4.85. The van der Waals surface area contributed by atoms with Crippen molar-refractivity contribution < 1.29 is 4.74 Å². The van der Waals surface area contributed by atoms with Gasteiger partial charge in [-0.2, -0.15) is 0 Å². The normalized spacial score (nSPS) is 17.1. The summed E-state index contributed by atoms with van der Waals surface area (Å²) in [6.07, 6.45) is 7.52. The summed E-state index contributed by atoms with van der Waals surface area (Å²) in [7, 11) is 2.19. The molecule has 32 heavy (non-hydrogen) atoms. The van der Waals surface area contributed by atoms with E-state index in [9.17, 15) is 4.79 Å². The minimum Gasteiger partial charge on any atom is -0.486 e. The van der Waals surface area contributed by atoms with Crippen molar-refractivity contribution in [2.45, 2.75) is 26.0 Å². The van der Waals surface area contributed by atoms with Gasteiger partial charge < -0.3 is 9.64 Å². The molecule has 0 amide bonds. The van der Waals surface area contributed by atoms with Crippen molar-refractivity contribution in [3.63, 3.8) is 0 Å². The number of fused-ring (bicyclic) bond motifs is 1. The van der Waals surface area contributed by atoms with Crippen LogP contribution >= 0.6 is 11.3 Å². The Bertz CT molecular complexity index is 1160. The lowest BCUT2D eigenvalue weighted by Gasteiger charge is -2.32. The second-order valence-electron chi connectivity index (χ2n) is 8.53. The van der Waals surface area contributed by atoms with Crippen LogP contribution in [0, 0.1) is 0 Å². The number of hydrogen-bond donors (Lipinski definition) is 0. The molecule has 5 rings (SSSR count). The zero-order valence-electron chi connectivity index (χ0n) is 18.4. The maximum atomic E-state index is 12.7. The number of aryl methyl sites for hydroxylation is 1. The highest BCUT2D eigenvalue weighted by Gasteiger charge is 2.17. The predicted molar refractivity (Wildman–Crippen MR) is 129 cm³/mol. The number of pyridine rings is 1. The minimum absolute atomic E-state index is 0.0666. The van der Waals surface area contributed by atoms with Crippen molar-refractivity contribution in [1.82, 2.24) is 19.4 Å². The SMILES string of the molecule is CN1CCN(Cc2ccc3c(c2)CCC(n2ccc(OCc4nccs4)cc2=O)=C3)CC1. The van der Waals surface area contributed by atoms with Crippen molar-refractivity contribution in [2.24, 2.45) is 0 Å². The van der Waals surface area contributed by atoms with E-state index in [2.05, 4.69) is 46.1 Å². The van der Waals surface area contributed by atoms with Gasteiger partial charge in [-0.15, -0.1) is 11.3 Å². The number of hydrogen-bond acceptors (Lipinski definition) is 6. The van der Waals surface area contributed by atoms with E-state index < -0.39 is 0 Å². The fourth-order valence-electron chi connectivity index (χ4n) is 4.34. The molecule has 7 heteroatoms. The number of piperazine rings is 1. The van der Waals surface area contributed by atoms with Crippen molar-refractivity contribution in [2.75, 3.05) is 33.2 Å². The highest BCUT2D eigenvalue weighted by molar-refractivity contribution is 7.09. The van der Waals surface area contributed by atoms with Gasteiger partial charge in [0.2, 0.25) is 0 Å². The topological polar surface area (TPSA) is 50.6 Å². The van der Waals surface area contributed by atoms with Crippen LogP contribution in [0.2, 0.25) is 0 Å². The van der Waals surface area contributed by atoms with Crippen LogP contribution in [0.1, 0.15) is 28.1 Å². The predicted octanol–water partition coefficient (Wildman–Crippen LogP) is 3.58. The Balaban J connectivity index is 1.28. The molecule has 0 spiro atoms. The molecule has 2 aromatic heterocycles. The third-order valence-corrected chi connectivity index (χ3v) is 6.98. The first-order valence-electron chi connectivity index (χ1n) is 11.1. The molecule has 3 aromatic rings. The summed E-state index contributed by atoms with van der Waals surface area (Å²) in [5.41, 5.74) is 4.93. The summed E-state index contributed by atoms with van der Waals surface area (Å²) >= 11 is 1.54. The number of ether oxygens (including phenoxy) is 1. The van der Waals surface area contributed by atoms with Crippen LogP contribution in [-0.2, 0) is 19.6 Å². The molecule has 0 bridgehead atoms. The van der Waals surface area contributed by atoms with Gasteiger partial charge in [0.25, 0.3) is 5.56 Å². The molecule has 1 aliphatic heterocycles. The maximum absolute atomic E-state index is 12.7. The molecule has 0 saturated carbocycles. The molecule has 166 valence electrons. The van der Waals surface area contributed by atoms with E-state index in [0.29, 0.717) is 12.4 Å². The molecule has 1 aromatic carbocycles. The second kappa shape index (κ2) is 9.40. The van der Waals surface area contributed by atoms with Gasteiger partial charge in [0.1, 0.15) is 17.4 Å². The minimum atomic E-state index is -0.0666. The fraction of sp³-hybridized carbons (Fsp3) is 0.360. The van der Waals surface area contributed by atoms with E-state index in [0.717, 1.165) is 56.3 Å². The van der Waals surface area contributed by atoms with E-state index in [1.807, 2.05) is 17.6 Å². The van der Waals surface area contributed by atoms with Crippen molar-refractivity contribution >= 4 is 23.1 Å². The zero-order chi connectivity index (χ0) is 21.9. The van der Waals surface area contributed by atoms with Crippen LogP contribution in [0.5, 0.6) is 5.75 Å². The van der Waals surface area contributed by atoms with E-state index in [-0.39, 0.29) is 5.56 Å². The summed E-state index contributed by atoms with van der Waals surface area (Å²) in [6, 6.07) is 10.2. The first-order valence-corrected chi connectivity index (χ1v) is 12.0. The summed E-state index contributed by atoms with van der Waals surface area (Å²) in [5, 5.41) is 2.81. The number of rotatable bonds is 6. The monoisotopic (exact) mass is 448 g/mol. The Morgan fingerprint density at radius 1 is 1.09 bits per heavy atom. The number of thiazole rings is 1. The molecule has 1 aliphatic carbocycles. The van der Waals surface area contributed by atoms with Gasteiger partial charge in [0.05, 0.1) is 0 Å². The van der Waals surface area contributed by atoms with E-state index >= 15 is 0 Å². The molecule has 3 heterocycles. The molecule has 6 nitrogen and oxygen atoms in total. The standard InChI is InChI=1S/C25H28N4O2S/c1-27-9-11-28(12-10-27)17-19-2-3-21-15-22(5-4-20(21)14-19)29-8-6-23(16-25(29)30)31-18-24-26-7-13-32-24/h2-3,6-8,13-16H,4-5,9-12,17-18H2,1H3. The van der Waals surface area contributed by atoms with Crippen LogP contribution in [-0.4, -0.2) is 52.6 Å². The summed E-state index contributed by atoms with van der Waals surface area (Å²) in [4.78, 5) is 21.9. The van der Waals surface area contributed by atoms with Gasteiger partial charge in [0, 0.05) is 62.3 Å². The summed E-state index contributed by atoms with van der Waals surface area (Å²) in [6.45, 7) is 5.93. The van der Waals surface area contributed by atoms with Crippen LogP contribution in [0.4, 0.5) is 0 Å². The lowest BCUT2D eigenvalue weighted by molar-refractivity contribution is 0.148. The molecular formula is C25H28N4O2S. The van der Waals surface area contributed by atoms with Crippen molar-refractivity contribution in [3.05, 3.63) is 80.2 Å². The average molecular weight is 449 g/mol. The van der Waals surface area contributed by atoms with Gasteiger partial charge in [-0.05, 0) is 48.7 Å². The molecule has 0 atom stereocenters. The second-order valence-corrected chi connectivity index (χ2v) is 9.51. The lowest BCUT2D eigenvalue weighted by Crippen LogP contribution is -2.43. The van der Waals surface area contributed by atoms with Crippen LogP contribution in [0.25, 0.3) is 11.8 Å². The first kappa shape index (κ1) is 21.1. The highest BCUT2D eigenvalue weighted by atomic mass is 32.1. The molecule has 1 fully saturated rings. The van der Waals surface area contributed by atoms with Gasteiger partial charge >= 0.3 is 0 Å². The number of likely N-dealkylation sites (N-methyl/N-ethyl adjacent to an activating group) is 1. The van der Waals surface area contributed by atoms with Crippen molar-refractivity contribution in [1.29, 1.82) is 0 Å². The van der Waals surface area contributed by atoms with Crippen LogP contribution in [0.15, 0.2) is 52.9 Å². The van der Waals surface area contributed by atoms with Gasteiger partial charge in [-0.1, -0.05) is 18.2 Å². The molecule has 0 N–H and O–H groups in total. The molecule has 0 unspecified atom stereocenters. The smallest absolute Gasteiger partial charge is 0.258 e. The Morgan fingerprint density at radius 3 is 2.75 bits per heavy atom. The number of nitrogens with zero attached hydrogens (tertiary/aromatic N) is 4. The molecule has 2 aliphatic rings. The number of aromatic nitrogens is 2. The molecule has 0 radical (unpaired) electrons. The summed E-state index contributed by atoms with van der Waals surface area (Å²) < 4.78 is 7.45. The lowest BCUT2D eigenvalue weighted by atomic mass is 9.93. The molecular weight excluding hydrogens is 420 g/mol. The Hall–Kier alpha value is -2.74. The summed E-state index contributed by atoms with van der Waals surface area (Å²) in [5.74, 6) is 0.576.